The van der Waals surface area contributed by atoms with E-state index in [9.17, 15) is 9.59 Å². The number of nitrogens with zero attached hydrogens (tertiary/aromatic N) is 2. The van der Waals surface area contributed by atoms with E-state index in [0.717, 1.165) is 27.7 Å². The Bertz CT molecular complexity index is 991. The summed E-state index contributed by atoms with van der Waals surface area (Å²) in [6.07, 6.45) is 2.34. The zero-order chi connectivity index (χ0) is 20.1. The number of carbonyl (C=O) groups is 2. The number of likely N-dealkylation sites (N-methyl/N-ethyl adjacent to an activating group) is 1. The number of hydrogen-bond acceptors (Lipinski definition) is 3. The molecule has 0 fully saturated rings. The Morgan fingerprint density at radius 2 is 1.82 bits per heavy atom. The molecule has 0 saturated carbocycles. The molecule has 6 nitrogen and oxygen atoms in total. The average Bonchev–Trinajstić information content (AvgIpc) is 2.96. The lowest BCUT2D eigenvalue weighted by Gasteiger charge is -2.11. The highest BCUT2D eigenvalue weighted by Gasteiger charge is 2.10. The molecule has 2 aromatic carbocycles. The van der Waals surface area contributed by atoms with Crippen molar-refractivity contribution in [3.05, 3.63) is 65.9 Å². The summed E-state index contributed by atoms with van der Waals surface area (Å²) in [6, 6.07) is 15.6. The van der Waals surface area contributed by atoms with Crippen LogP contribution in [0.15, 0.2) is 54.7 Å². The van der Waals surface area contributed by atoms with Gasteiger partial charge in [-0.25, -0.2) is 0 Å². The summed E-state index contributed by atoms with van der Waals surface area (Å²) >= 11 is 0. The second kappa shape index (κ2) is 8.71. The Morgan fingerprint density at radius 1 is 1.04 bits per heavy atom. The number of aromatic nitrogens is 1. The molecule has 0 atom stereocenters. The van der Waals surface area contributed by atoms with Crippen LogP contribution < -0.4 is 10.6 Å². The highest BCUT2D eigenvalue weighted by molar-refractivity contribution is 5.92. The topological polar surface area (TPSA) is 66.4 Å². The van der Waals surface area contributed by atoms with Crippen LogP contribution in [0.1, 0.15) is 11.1 Å². The van der Waals surface area contributed by atoms with E-state index in [4.69, 9.17) is 0 Å². The fraction of sp³-hybridized carbons (Fsp3) is 0.273. The fourth-order valence-electron chi connectivity index (χ4n) is 3.25. The summed E-state index contributed by atoms with van der Waals surface area (Å²) in [6.45, 7) is 0.743. The van der Waals surface area contributed by atoms with E-state index in [2.05, 4.69) is 10.6 Å². The normalized spacial score (nSPS) is 11.0. The minimum Gasteiger partial charge on any atom is -0.352 e. The number of fused-ring (bicyclic) bond motifs is 1. The van der Waals surface area contributed by atoms with Crippen molar-refractivity contribution in [3.63, 3.8) is 0 Å². The predicted molar refractivity (Wildman–Crippen MR) is 112 cm³/mol. The molecule has 1 heterocycles. The number of amides is 2. The van der Waals surface area contributed by atoms with E-state index in [0.29, 0.717) is 19.5 Å². The van der Waals surface area contributed by atoms with Gasteiger partial charge in [0.05, 0.1) is 13.0 Å². The van der Waals surface area contributed by atoms with Crippen molar-refractivity contribution in [2.75, 3.05) is 26.0 Å². The van der Waals surface area contributed by atoms with Gasteiger partial charge in [0, 0.05) is 36.4 Å². The second-order valence-corrected chi connectivity index (χ2v) is 7.22. The maximum Gasteiger partial charge on any atom is 0.238 e. The van der Waals surface area contributed by atoms with Crippen LogP contribution in [0, 0.1) is 0 Å². The van der Waals surface area contributed by atoms with Gasteiger partial charge in [-0.05, 0) is 43.4 Å². The number of anilines is 1. The third-order valence-electron chi connectivity index (χ3n) is 4.49. The minimum absolute atomic E-state index is 0.0293. The summed E-state index contributed by atoms with van der Waals surface area (Å²) < 4.78 is 2.04. The van der Waals surface area contributed by atoms with Crippen LogP contribution in [0.4, 0.5) is 5.69 Å². The summed E-state index contributed by atoms with van der Waals surface area (Å²) in [4.78, 5) is 26.1. The molecule has 0 aliphatic carbocycles. The highest BCUT2D eigenvalue weighted by atomic mass is 16.2. The van der Waals surface area contributed by atoms with Gasteiger partial charge in [-0.1, -0.05) is 30.3 Å². The molecule has 6 heteroatoms. The first-order chi connectivity index (χ1) is 13.4. The summed E-state index contributed by atoms with van der Waals surface area (Å²) in [5.41, 5.74) is 3.80. The first kappa shape index (κ1) is 19.6. The molecule has 0 unspecified atom stereocenters. The minimum atomic E-state index is -0.0675. The largest absolute Gasteiger partial charge is 0.352 e. The van der Waals surface area contributed by atoms with Gasteiger partial charge in [-0.15, -0.1) is 0 Å². The van der Waals surface area contributed by atoms with Crippen LogP contribution in [0.2, 0.25) is 0 Å². The maximum absolute atomic E-state index is 12.4. The molecule has 0 bridgehead atoms. The van der Waals surface area contributed by atoms with E-state index in [1.807, 2.05) is 85.3 Å². The molecular weight excluding hydrogens is 352 g/mol. The van der Waals surface area contributed by atoms with Crippen LogP contribution in [-0.2, 0) is 29.6 Å². The lowest BCUT2D eigenvalue weighted by atomic mass is 10.1. The molecule has 1 aromatic heterocycles. The summed E-state index contributed by atoms with van der Waals surface area (Å²) in [7, 11) is 5.68. The van der Waals surface area contributed by atoms with Crippen molar-refractivity contribution >= 4 is 28.4 Å². The molecule has 0 aliphatic rings. The van der Waals surface area contributed by atoms with Crippen molar-refractivity contribution in [1.82, 2.24) is 14.8 Å². The van der Waals surface area contributed by atoms with Crippen molar-refractivity contribution in [2.24, 2.45) is 7.05 Å². The van der Waals surface area contributed by atoms with Crippen molar-refractivity contribution in [3.8, 4) is 0 Å². The third kappa shape index (κ3) is 4.98. The molecule has 3 rings (SSSR count). The second-order valence-electron chi connectivity index (χ2n) is 7.22. The average molecular weight is 378 g/mol. The summed E-state index contributed by atoms with van der Waals surface area (Å²) in [5, 5.41) is 6.94. The molecule has 0 radical (unpaired) electrons. The number of carbonyl (C=O) groups excluding carboxylic acids is 2. The summed E-state index contributed by atoms with van der Waals surface area (Å²) in [5.74, 6) is -0.0967. The first-order valence-corrected chi connectivity index (χ1v) is 9.25. The third-order valence-corrected chi connectivity index (χ3v) is 4.49. The van der Waals surface area contributed by atoms with Gasteiger partial charge in [0.1, 0.15) is 0 Å². The lowest BCUT2D eigenvalue weighted by molar-refractivity contribution is -0.120. The zero-order valence-electron chi connectivity index (χ0n) is 16.5. The molecule has 28 heavy (non-hydrogen) atoms. The number of para-hydroxylation sites is 1. The van der Waals surface area contributed by atoms with Crippen molar-refractivity contribution in [1.29, 1.82) is 0 Å². The smallest absolute Gasteiger partial charge is 0.238 e. The highest BCUT2D eigenvalue weighted by Crippen LogP contribution is 2.20. The Morgan fingerprint density at radius 3 is 2.61 bits per heavy atom. The van der Waals surface area contributed by atoms with E-state index < -0.39 is 0 Å². The monoisotopic (exact) mass is 378 g/mol. The van der Waals surface area contributed by atoms with Gasteiger partial charge in [-0.3, -0.25) is 9.59 Å². The van der Waals surface area contributed by atoms with Crippen LogP contribution in [0.25, 0.3) is 10.9 Å². The molecule has 2 amide bonds. The Balaban J connectivity index is 1.58. The molecule has 0 saturated heterocycles. The van der Waals surface area contributed by atoms with Crippen LogP contribution in [0.3, 0.4) is 0 Å². The number of rotatable bonds is 7. The van der Waals surface area contributed by atoms with Crippen molar-refractivity contribution in [2.45, 2.75) is 13.0 Å². The van der Waals surface area contributed by atoms with Gasteiger partial charge in [0.2, 0.25) is 11.8 Å². The Labute approximate surface area is 165 Å². The lowest BCUT2D eigenvalue weighted by Crippen LogP contribution is -2.27. The quantitative estimate of drug-likeness (QED) is 0.664. The number of aryl methyl sites for hydroxylation is 1. The number of benzene rings is 2. The van der Waals surface area contributed by atoms with E-state index in [1.54, 1.807) is 0 Å². The zero-order valence-corrected chi connectivity index (χ0v) is 16.5. The molecule has 0 spiro atoms. The Kier molecular flexibility index (Phi) is 6.11. The standard InChI is InChI=1S/C22H26N4O2/c1-25(2)15-22(28)24-18-8-6-7-16(11-18)13-23-21(27)12-17-14-26(3)20-10-5-4-9-19(17)20/h4-11,14H,12-13,15H2,1-3H3,(H,23,27)(H,24,28). The van der Waals surface area contributed by atoms with E-state index >= 15 is 0 Å². The Hall–Kier alpha value is -3.12. The molecule has 2 N–H and O–H groups in total. The molecule has 146 valence electrons. The van der Waals surface area contributed by atoms with E-state index in [-0.39, 0.29) is 11.8 Å². The first-order valence-electron chi connectivity index (χ1n) is 9.25. The molecule has 3 aromatic rings. The van der Waals surface area contributed by atoms with Crippen LogP contribution in [-0.4, -0.2) is 41.9 Å². The molecule has 0 aliphatic heterocycles. The van der Waals surface area contributed by atoms with Crippen molar-refractivity contribution < 1.29 is 9.59 Å². The van der Waals surface area contributed by atoms with Gasteiger partial charge < -0.3 is 20.1 Å². The van der Waals surface area contributed by atoms with Crippen LogP contribution >= 0.6 is 0 Å². The van der Waals surface area contributed by atoms with Gasteiger partial charge in [-0.2, -0.15) is 0 Å². The van der Waals surface area contributed by atoms with Gasteiger partial charge in [0.25, 0.3) is 0 Å². The van der Waals surface area contributed by atoms with Gasteiger partial charge in [0.15, 0.2) is 0 Å². The van der Waals surface area contributed by atoms with E-state index in [1.165, 1.54) is 0 Å². The fourth-order valence-corrected chi connectivity index (χ4v) is 3.25. The predicted octanol–water partition coefficient (Wildman–Crippen LogP) is 2.54. The molecular formula is C22H26N4O2. The van der Waals surface area contributed by atoms with Gasteiger partial charge >= 0.3 is 0 Å². The number of hydrogen-bond donors (Lipinski definition) is 2. The maximum atomic E-state index is 12.4. The SMILES string of the molecule is CN(C)CC(=O)Nc1cccc(CNC(=O)Cc2cn(C)c3ccccc23)c1. The van der Waals surface area contributed by atoms with Crippen LogP contribution in [0.5, 0.6) is 0 Å². The number of nitrogens with one attached hydrogen (secondary N) is 2.